The van der Waals surface area contributed by atoms with Crippen LogP contribution in [0.5, 0.6) is 0 Å². The maximum atomic E-state index is 11.7. The van der Waals surface area contributed by atoms with E-state index in [-0.39, 0.29) is 36.2 Å². The van der Waals surface area contributed by atoms with Crippen molar-refractivity contribution in [3.63, 3.8) is 0 Å². The first-order valence-electron chi connectivity index (χ1n) is 7.93. The fourth-order valence-electron chi connectivity index (χ4n) is 1.66. The number of nitrogen functional groups attached to an aromatic ring is 1. The molecule has 2 aromatic heterocycles. The Balaban J connectivity index is 2.03. The number of aromatic amines is 1. The van der Waals surface area contributed by atoms with E-state index in [9.17, 15) is 9.59 Å². The molecule has 0 unspecified atom stereocenters. The van der Waals surface area contributed by atoms with Crippen molar-refractivity contribution in [3.8, 4) is 0 Å². The minimum absolute atomic E-state index is 0.0647. The van der Waals surface area contributed by atoms with Gasteiger partial charge in [-0.2, -0.15) is 4.98 Å². The summed E-state index contributed by atoms with van der Waals surface area (Å²) in [6.07, 6.45) is 1.08. The second-order valence-electron chi connectivity index (χ2n) is 5.11. The molecule has 0 radical (unpaired) electrons. The summed E-state index contributed by atoms with van der Waals surface area (Å²) in [6.45, 7) is 0.773. The molecule has 2 aromatic rings. The highest BCUT2D eigenvalue weighted by Gasteiger charge is 2.18. The number of ether oxygens (including phenoxy) is 2. The molecule has 23 heavy (non-hydrogen) atoms. The summed E-state index contributed by atoms with van der Waals surface area (Å²) in [5.41, 5.74) is 10.4. The minimum Gasteiger partial charge on any atom is -0.462 e. The van der Waals surface area contributed by atoms with Gasteiger partial charge in [0.2, 0.25) is 5.95 Å². The number of fused-ring (bicyclic) bond motifs is 1. The number of nitrogens with one attached hydrogen (secondary N) is 1. The van der Waals surface area contributed by atoms with Gasteiger partial charge in [-0.3, -0.25) is 19.1 Å². The Hall–Kier alpha value is -2.46. The highest BCUT2D eigenvalue weighted by atomic mass is 16.6. The molecular weight excluding hydrogens is 304 g/mol. The molecule has 1 atom stereocenters. The number of carbonyl (C=O) groups excluding carboxylic acids is 1. The van der Waals surface area contributed by atoms with Gasteiger partial charge in [-0.1, -0.05) is 13.8 Å². The van der Waals surface area contributed by atoms with Crippen molar-refractivity contribution in [1.82, 2.24) is 19.5 Å². The van der Waals surface area contributed by atoms with Gasteiger partial charge in [0.25, 0.3) is 5.56 Å². The van der Waals surface area contributed by atoms with Crippen molar-refractivity contribution in [3.05, 3.63) is 16.7 Å². The normalized spacial score (nSPS) is 14.6. The molecule has 10 heteroatoms. The molecule has 0 fully saturated rings. The van der Waals surface area contributed by atoms with E-state index < -0.39 is 24.3 Å². The number of nitrogens with zero attached hydrogens (tertiary/aromatic N) is 3. The van der Waals surface area contributed by atoms with Crippen LogP contribution in [-0.2, 0) is 21.0 Å². The van der Waals surface area contributed by atoms with Gasteiger partial charge in [-0.15, -0.1) is 0 Å². The Bertz CT molecular complexity index is 818. The van der Waals surface area contributed by atoms with Crippen molar-refractivity contribution < 1.29 is 17.0 Å². The Morgan fingerprint density at radius 2 is 2.26 bits per heavy atom. The second kappa shape index (κ2) is 7.20. The van der Waals surface area contributed by atoms with Gasteiger partial charge >= 0.3 is 5.97 Å². The zero-order valence-corrected chi connectivity index (χ0v) is 12.8. The minimum atomic E-state index is -2.38. The maximum absolute atomic E-state index is 11.7. The summed E-state index contributed by atoms with van der Waals surface area (Å²) < 4.78 is 26.9. The van der Waals surface area contributed by atoms with Crippen LogP contribution in [0.1, 0.15) is 16.6 Å². The largest absolute Gasteiger partial charge is 0.462 e. The Morgan fingerprint density at radius 3 is 2.96 bits per heavy atom. The topological polar surface area (TPSA) is 151 Å². The summed E-state index contributed by atoms with van der Waals surface area (Å²) in [7, 11) is 0. The molecule has 10 nitrogen and oxygen atoms in total. The molecule has 0 aromatic carbocycles. The van der Waals surface area contributed by atoms with Crippen molar-refractivity contribution in [1.29, 1.82) is 0 Å². The van der Waals surface area contributed by atoms with Crippen LogP contribution < -0.4 is 17.0 Å². The van der Waals surface area contributed by atoms with Gasteiger partial charge in [0, 0.05) is 0 Å². The molecule has 0 aliphatic rings. The number of imidazole rings is 1. The quantitative estimate of drug-likeness (QED) is 0.442. The van der Waals surface area contributed by atoms with Crippen molar-refractivity contribution in [2.24, 2.45) is 11.7 Å². The molecular formula is C13H20N6O4. The molecule has 126 valence electrons. The summed E-state index contributed by atoms with van der Waals surface area (Å²) in [5, 5.41) is 0. The lowest BCUT2D eigenvalue weighted by Gasteiger charge is -2.14. The fraction of sp³-hybridized carbons (Fsp3) is 0.538. The maximum Gasteiger partial charge on any atom is 0.323 e. The van der Waals surface area contributed by atoms with Crippen LogP contribution in [0.15, 0.2) is 11.1 Å². The van der Waals surface area contributed by atoms with E-state index >= 15 is 0 Å². The van der Waals surface area contributed by atoms with Crippen LogP contribution >= 0.6 is 0 Å². The summed E-state index contributed by atoms with van der Waals surface area (Å²) >= 11 is 0. The van der Waals surface area contributed by atoms with E-state index in [0.29, 0.717) is 0 Å². The molecule has 0 aliphatic heterocycles. The predicted molar refractivity (Wildman–Crippen MR) is 82.3 cm³/mol. The van der Waals surface area contributed by atoms with Crippen LogP contribution in [0.4, 0.5) is 5.95 Å². The van der Waals surface area contributed by atoms with Crippen molar-refractivity contribution in [2.45, 2.75) is 26.6 Å². The number of rotatable bonds is 7. The second-order valence-corrected chi connectivity index (χ2v) is 5.11. The number of hydrogen-bond acceptors (Lipinski definition) is 8. The van der Waals surface area contributed by atoms with Crippen LogP contribution in [-0.4, -0.2) is 44.7 Å². The lowest BCUT2D eigenvalue weighted by molar-refractivity contribution is -0.148. The highest BCUT2D eigenvalue weighted by Crippen LogP contribution is 2.06. The summed E-state index contributed by atoms with van der Waals surface area (Å²) in [4.78, 5) is 33.3. The van der Waals surface area contributed by atoms with E-state index in [0.717, 1.165) is 10.9 Å². The fourth-order valence-corrected chi connectivity index (χ4v) is 1.66. The average Bonchev–Trinajstić information content (AvgIpc) is 2.95. The van der Waals surface area contributed by atoms with Crippen LogP contribution in [0.25, 0.3) is 11.2 Å². The molecule has 0 amide bonds. The van der Waals surface area contributed by atoms with E-state index in [1.54, 1.807) is 13.8 Å². The third-order valence-corrected chi connectivity index (χ3v) is 3.01. The number of nitrogens with two attached hydrogens (primary N) is 2. The molecule has 0 bridgehead atoms. The Kier molecular flexibility index (Phi) is 4.43. The summed E-state index contributed by atoms with van der Waals surface area (Å²) in [6, 6.07) is -0.756. The number of esters is 1. The molecule has 0 saturated carbocycles. The van der Waals surface area contributed by atoms with Gasteiger partial charge in [-0.05, 0) is 5.92 Å². The third-order valence-electron chi connectivity index (χ3n) is 3.01. The number of carbonyl (C=O) groups is 1. The number of hydrogen-bond donors (Lipinski definition) is 3. The van der Waals surface area contributed by atoms with Gasteiger partial charge in [-0.25, -0.2) is 4.98 Å². The molecule has 2 rings (SSSR count). The highest BCUT2D eigenvalue weighted by molar-refractivity contribution is 5.75. The zero-order chi connectivity index (χ0) is 18.8. The monoisotopic (exact) mass is 326 g/mol. The molecule has 5 N–H and O–H groups in total. The standard InChI is InChI=1S/C13H20N6O4/c1-7(2)8(14)12(21)23-4-3-22-6-19-5-16-9-10(19)17-13(15)18-11(9)20/h5,7-8H,3-4,6,14H2,1-2H3,(H3,15,17,18,20)/t8-/m0/s1/i6D2. The van der Waals surface area contributed by atoms with E-state index in [4.69, 9.17) is 23.7 Å². The zero-order valence-electron chi connectivity index (χ0n) is 14.8. The van der Waals surface area contributed by atoms with Crippen molar-refractivity contribution >= 4 is 23.1 Å². The Labute approximate surface area is 134 Å². The van der Waals surface area contributed by atoms with Gasteiger partial charge in [0.1, 0.15) is 19.3 Å². The van der Waals surface area contributed by atoms with Crippen LogP contribution in [0, 0.1) is 5.92 Å². The van der Waals surface area contributed by atoms with Gasteiger partial charge < -0.3 is 20.9 Å². The number of aromatic nitrogens is 4. The molecule has 2 heterocycles. The van der Waals surface area contributed by atoms with E-state index in [2.05, 4.69) is 15.0 Å². The number of H-pyrrole nitrogens is 1. The van der Waals surface area contributed by atoms with Crippen LogP contribution in [0.3, 0.4) is 0 Å². The van der Waals surface area contributed by atoms with E-state index in [1.807, 2.05) is 0 Å². The summed E-state index contributed by atoms with van der Waals surface area (Å²) in [5.74, 6) is -0.841. The smallest absolute Gasteiger partial charge is 0.323 e. The first-order chi connectivity index (χ1) is 11.6. The Morgan fingerprint density at radius 1 is 1.52 bits per heavy atom. The first kappa shape index (κ1) is 14.2. The SMILES string of the molecule is [2H]C([2H])(OCCOC(=O)[C@@H](N)C(C)C)n1cnc2c(=O)[nH]c(N)nc21. The molecule has 0 saturated heterocycles. The molecule has 0 aliphatic carbocycles. The predicted octanol–water partition coefficient (Wildman–Crippen LogP) is -0.798. The van der Waals surface area contributed by atoms with Gasteiger partial charge in [0.05, 0.1) is 15.7 Å². The first-order valence-corrected chi connectivity index (χ1v) is 6.93. The van der Waals surface area contributed by atoms with Crippen LogP contribution in [0.2, 0.25) is 0 Å². The molecule has 0 spiro atoms. The number of anilines is 1. The van der Waals surface area contributed by atoms with Crippen molar-refractivity contribution in [2.75, 3.05) is 18.9 Å². The average molecular weight is 326 g/mol. The van der Waals surface area contributed by atoms with Gasteiger partial charge in [0.15, 0.2) is 11.2 Å². The lowest BCUT2D eigenvalue weighted by atomic mass is 10.1. The lowest BCUT2D eigenvalue weighted by Crippen LogP contribution is -2.37. The third kappa shape index (κ3) is 4.05. The van der Waals surface area contributed by atoms with E-state index in [1.165, 1.54) is 0 Å².